The predicted octanol–water partition coefficient (Wildman–Crippen LogP) is 4.08. The second-order valence-corrected chi connectivity index (χ2v) is 8.48. The summed E-state index contributed by atoms with van der Waals surface area (Å²) in [4.78, 5) is 24.3. The van der Waals surface area contributed by atoms with E-state index in [-0.39, 0.29) is 16.9 Å². The lowest BCUT2D eigenvalue weighted by molar-refractivity contribution is -0.114. The average molecular weight is 407 g/mol. The SMILES string of the molecule is CC(=O)Nc1cccc(-n2cnnc2SC(C)C(=O)c2ccc3c(c2)CCC3)c1. The minimum atomic E-state index is -0.295. The second-order valence-electron chi connectivity index (χ2n) is 7.18. The molecular formula is C22H22N4O2S. The second kappa shape index (κ2) is 8.21. The van der Waals surface area contributed by atoms with Crippen LogP contribution in [-0.4, -0.2) is 31.7 Å². The number of nitrogens with one attached hydrogen (secondary N) is 1. The Hall–Kier alpha value is -2.93. The standard InChI is InChI=1S/C22H22N4O2S/c1-14(21(28)18-10-9-16-5-3-6-17(16)11-18)29-22-25-23-13-26(22)20-8-4-7-19(12-20)24-15(2)27/h4,7-14H,3,5-6H2,1-2H3,(H,24,27). The highest BCUT2D eigenvalue weighted by Crippen LogP contribution is 2.29. The zero-order chi connectivity index (χ0) is 20.4. The minimum absolute atomic E-state index is 0.0891. The van der Waals surface area contributed by atoms with E-state index in [9.17, 15) is 9.59 Å². The summed E-state index contributed by atoms with van der Waals surface area (Å²) in [7, 11) is 0. The van der Waals surface area contributed by atoms with Crippen LogP contribution >= 0.6 is 11.8 Å². The van der Waals surface area contributed by atoms with E-state index in [0.29, 0.717) is 10.8 Å². The maximum absolute atomic E-state index is 13.0. The normalized spacial score (nSPS) is 13.7. The van der Waals surface area contributed by atoms with Crippen molar-refractivity contribution in [3.05, 3.63) is 65.5 Å². The summed E-state index contributed by atoms with van der Waals surface area (Å²) in [5.74, 6) is -0.0414. The fourth-order valence-electron chi connectivity index (χ4n) is 3.59. The van der Waals surface area contributed by atoms with Gasteiger partial charge >= 0.3 is 0 Å². The molecule has 148 valence electrons. The molecule has 3 aromatic rings. The van der Waals surface area contributed by atoms with Crippen LogP contribution in [-0.2, 0) is 17.6 Å². The smallest absolute Gasteiger partial charge is 0.221 e. The maximum atomic E-state index is 13.0. The maximum Gasteiger partial charge on any atom is 0.221 e. The molecule has 7 heteroatoms. The number of aromatic nitrogens is 3. The first kappa shape index (κ1) is 19.4. The Morgan fingerprint density at radius 2 is 1.97 bits per heavy atom. The highest BCUT2D eigenvalue weighted by molar-refractivity contribution is 8.00. The Balaban J connectivity index is 1.53. The van der Waals surface area contributed by atoms with E-state index in [1.54, 1.807) is 6.33 Å². The number of rotatable bonds is 6. The molecule has 29 heavy (non-hydrogen) atoms. The third-order valence-electron chi connectivity index (χ3n) is 5.00. The summed E-state index contributed by atoms with van der Waals surface area (Å²) in [6.45, 7) is 3.37. The van der Waals surface area contributed by atoms with Crippen molar-refractivity contribution in [3.63, 3.8) is 0 Å². The van der Waals surface area contributed by atoms with Gasteiger partial charge in [0.05, 0.1) is 10.9 Å². The van der Waals surface area contributed by atoms with Crippen molar-refractivity contribution >= 4 is 29.1 Å². The number of carbonyl (C=O) groups excluding carboxylic acids is 2. The molecule has 1 aromatic heterocycles. The van der Waals surface area contributed by atoms with Crippen molar-refractivity contribution in [2.75, 3.05) is 5.32 Å². The molecule has 1 aliphatic carbocycles. The number of nitrogens with zero attached hydrogens (tertiary/aromatic N) is 3. The molecule has 1 heterocycles. The van der Waals surface area contributed by atoms with Crippen molar-refractivity contribution in [3.8, 4) is 5.69 Å². The minimum Gasteiger partial charge on any atom is -0.326 e. The number of benzene rings is 2. The largest absolute Gasteiger partial charge is 0.326 e. The molecule has 0 aliphatic heterocycles. The molecule has 0 spiro atoms. The summed E-state index contributed by atoms with van der Waals surface area (Å²) < 4.78 is 1.82. The van der Waals surface area contributed by atoms with Gasteiger partial charge in [-0.15, -0.1) is 10.2 Å². The zero-order valence-electron chi connectivity index (χ0n) is 16.4. The lowest BCUT2D eigenvalue weighted by Crippen LogP contribution is -2.15. The van der Waals surface area contributed by atoms with Crippen molar-refractivity contribution in [1.82, 2.24) is 14.8 Å². The highest BCUT2D eigenvalue weighted by atomic mass is 32.2. The van der Waals surface area contributed by atoms with Gasteiger partial charge in [0.25, 0.3) is 0 Å². The van der Waals surface area contributed by atoms with Crippen molar-refractivity contribution in [1.29, 1.82) is 0 Å². The van der Waals surface area contributed by atoms with Crippen LogP contribution in [0.5, 0.6) is 0 Å². The molecule has 0 saturated carbocycles. The highest BCUT2D eigenvalue weighted by Gasteiger charge is 2.21. The Labute approximate surface area is 173 Å². The van der Waals surface area contributed by atoms with Gasteiger partial charge in [-0.1, -0.05) is 30.0 Å². The Morgan fingerprint density at radius 3 is 2.79 bits per heavy atom. The fourth-order valence-corrected chi connectivity index (χ4v) is 4.51. The summed E-state index contributed by atoms with van der Waals surface area (Å²) in [6, 6.07) is 13.5. The molecule has 1 atom stereocenters. The van der Waals surface area contributed by atoms with Gasteiger partial charge in [-0.25, -0.2) is 0 Å². The van der Waals surface area contributed by atoms with Crippen molar-refractivity contribution in [2.45, 2.75) is 43.5 Å². The molecule has 0 bridgehead atoms. The molecule has 1 unspecified atom stereocenters. The Morgan fingerprint density at radius 1 is 1.14 bits per heavy atom. The van der Waals surface area contributed by atoms with Gasteiger partial charge in [0.15, 0.2) is 10.9 Å². The Kier molecular flexibility index (Phi) is 5.49. The van der Waals surface area contributed by atoms with Crippen LogP contribution in [0.4, 0.5) is 5.69 Å². The van der Waals surface area contributed by atoms with Gasteiger partial charge in [-0.3, -0.25) is 14.2 Å². The number of fused-ring (bicyclic) bond motifs is 1. The van der Waals surface area contributed by atoms with E-state index in [1.165, 1.54) is 29.8 Å². The molecule has 0 fully saturated rings. The predicted molar refractivity (Wildman–Crippen MR) is 114 cm³/mol. The first-order chi connectivity index (χ1) is 14.0. The van der Waals surface area contributed by atoms with E-state index in [1.807, 2.05) is 47.9 Å². The number of hydrogen-bond donors (Lipinski definition) is 1. The fraction of sp³-hybridized carbons (Fsp3) is 0.273. The van der Waals surface area contributed by atoms with Crippen LogP contribution in [0.2, 0.25) is 0 Å². The number of hydrogen-bond acceptors (Lipinski definition) is 5. The quantitative estimate of drug-likeness (QED) is 0.493. The number of amides is 1. The van der Waals surface area contributed by atoms with Crippen LogP contribution in [0.1, 0.15) is 41.8 Å². The van der Waals surface area contributed by atoms with Gasteiger partial charge < -0.3 is 5.32 Å². The molecule has 0 saturated heterocycles. The number of ketones is 1. The monoisotopic (exact) mass is 406 g/mol. The summed E-state index contributed by atoms with van der Waals surface area (Å²) in [6.07, 6.45) is 4.94. The average Bonchev–Trinajstić information content (AvgIpc) is 3.35. The van der Waals surface area contributed by atoms with E-state index >= 15 is 0 Å². The Bertz CT molecular complexity index is 1080. The number of aryl methyl sites for hydroxylation is 2. The number of anilines is 1. The molecule has 1 amide bonds. The lowest BCUT2D eigenvalue weighted by Gasteiger charge is -2.13. The third-order valence-corrected chi connectivity index (χ3v) is 6.05. The summed E-state index contributed by atoms with van der Waals surface area (Å²) in [5, 5.41) is 11.3. The number of Topliss-reactive ketones (excluding diaryl/α,β-unsaturated/α-hetero) is 1. The van der Waals surface area contributed by atoms with E-state index < -0.39 is 0 Å². The third kappa shape index (κ3) is 4.24. The summed E-state index contributed by atoms with van der Waals surface area (Å²) in [5.41, 5.74) is 4.93. The van der Waals surface area contributed by atoms with E-state index in [4.69, 9.17) is 0 Å². The van der Waals surface area contributed by atoms with Crippen LogP contribution in [0, 0.1) is 0 Å². The number of thioether (sulfide) groups is 1. The van der Waals surface area contributed by atoms with Gasteiger partial charge in [0.2, 0.25) is 5.91 Å². The lowest BCUT2D eigenvalue weighted by atomic mass is 10.0. The zero-order valence-corrected chi connectivity index (χ0v) is 17.2. The topological polar surface area (TPSA) is 76.9 Å². The van der Waals surface area contributed by atoms with Gasteiger partial charge in [0, 0.05) is 18.2 Å². The van der Waals surface area contributed by atoms with Crippen LogP contribution in [0.15, 0.2) is 53.9 Å². The molecular weight excluding hydrogens is 384 g/mol. The van der Waals surface area contributed by atoms with Crippen LogP contribution in [0.25, 0.3) is 5.69 Å². The molecule has 1 aliphatic rings. The van der Waals surface area contributed by atoms with Gasteiger partial charge in [-0.2, -0.15) is 0 Å². The van der Waals surface area contributed by atoms with Gasteiger partial charge in [-0.05, 0) is 61.6 Å². The van der Waals surface area contributed by atoms with E-state index in [2.05, 4.69) is 21.6 Å². The molecule has 0 radical (unpaired) electrons. The molecule has 1 N–H and O–H groups in total. The van der Waals surface area contributed by atoms with Crippen LogP contribution < -0.4 is 5.32 Å². The van der Waals surface area contributed by atoms with Gasteiger partial charge in [0.1, 0.15) is 6.33 Å². The molecule has 2 aromatic carbocycles. The summed E-state index contributed by atoms with van der Waals surface area (Å²) >= 11 is 1.38. The molecule has 6 nitrogen and oxygen atoms in total. The molecule has 4 rings (SSSR count). The van der Waals surface area contributed by atoms with Crippen molar-refractivity contribution in [2.24, 2.45) is 0 Å². The number of carbonyl (C=O) groups is 2. The first-order valence-corrected chi connectivity index (χ1v) is 10.5. The van der Waals surface area contributed by atoms with Crippen molar-refractivity contribution < 1.29 is 9.59 Å². The van der Waals surface area contributed by atoms with E-state index in [0.717, 1.165) is 30.5 Å². The van der Waals surface area contributed by atoms with Crippen LogP contribution in [0.3, 0.4) is 0 Å². The first-order valence-electron chi connectivity index (χ1n) is 9.62.